The zero-order valence-corrected chi connectivity index (χ0v) is 27.2. The molecular weight excluding hydrogens is 584 g/mol. The largest absolute Gasteiger partial charge is 0.444 e. The number of hydrogen-bond donors (Lipinski definition) is 5. The summed E-state index contributed by atoms with van der Waals surface area (Å²) in [6, 6.07) is 25.7. The second-order valence-corrected chi connectivity index (χ2v) is 12.3. The van der Waals surface area contributed by atoms with Crippen LogP contribution in [0.15, 0.2) is 91.0 Å². The minimum atomic E-state index is -1.06. The van der Waals surface area contributed by atoms with Crippen LogP contribution in [0.25, 0.3) is 0 Å². The smallest absolute Gasteiger partial charge is 0.408 e. The van der Waals surface area contributed by atoms with Gasteiger partial charge in [-0.1, -0.05) is 91.0 Å². The summed E-state index contributed by atoms with van der Waals surface area (Å²) in [7, 11) is 0. The lowest BCUT2D eigenvalue weighted by molar-refractivity contribution is -0.130. The van der Waals surface area contributed by atoms with Gasteiger partial charge in [-0.15, -0.1) is 0 Å². The molecule has 0 heterocycles. The molecule has 10 nitrogen and oxygen atoms in total. The van der Waals surface area contributed by atoms with Crippen LogP contribution in [0.1, 0.15) is 70.2 Å². The van der Waals surface area contributed by atoms with Crippen LogP contribution in [0.2, 0.25) is 0 Å². The maximum atomic E-state index is 13.2. The van der Waals surface area contributed by atoms with Crippen molar-refractivity contribution in [3.63, 3.8) is 0 Å². The Morgan fingerprint density at radius 1 is 0.696 bits per heavy atom. The van der Waals surface area contributed by atoms with Crippen molar-refractivity contribution < 1.29 is 29.0 Å². The molecule has 0 aromatic heterocycles. The fourth-order valence-electron chi connectivity index (χ4n) is 4.78. The first-order chi connectivity index (χ1) is 21.8. The van der Waals surface area contributed by atoms with Crippen LogP contribution in [0.5, 0.6) is 0 Å². The number of carbonyl (C=O) groups is 4. The number of aliphatic hydroxyl groups is 1. The lowest BCUT2D eigenvalue weighted by Crippen LogP contribution is -2.55. The van der Waals surface area contributed by atoms with Gasteiger partial charge in [-0.3, -0.25) is 14.4 Å². The topological polar surface area (TPSA) is 146 Å². The zero-order valence-electron chi connectivity index (χ0n) is 27.2. The second kappa shape index (κ2) is 17.1. The molecule has 0 aliphatic heterocycles. The molecule has 0 unspecified atom stereocenters. The van der Waals surface area contributed by atoms with Crippen molar-refractivity contribution >= 4 is 23.8 Å². The molecule has 5 N–H and O–H groups in total. The highest BCUT2D eigenvalue weighted by Gasteiger charge is 2.28. The Balaban J connectivity index is 1.63. The second-order valence-electron chi connectivity index (χ2n) is 12.3. The lowest BCUT2D eigenvalue weighted by Gasteiger charge is -2.27. The van der Waals surface area contributed by atoms with Crippen LogP contribution < -0.4 is 21.3 Å². The molecule has 246 valence electrons. The molecule has 10 heteroatoms. The van der Waals surface area contributed by atoms with Gasteiger partial charge >= 0.3 is 6.09 Å². The quantitative estimate of drug-likeness (QED) is 0.181. The molecule has 0 aliphatic carbocycles. The zero-order chi connectivity index (χ0) is 33.7. The SMILES string of the molecule is C[C@H](NC(=O)OC(C)(C)C)C(=O)N[C@@H](C)C(=O)N[C@@H](Cc1ccccc1)[C@@H](O)CCC(=O)NC(c1ccccc1)c1ccccc1. The Labute approximate surface area is 271 Å². The van der Waals surface area contributed by atoms with Crippen molar-refractivity contribution in [1.29, 1.82) is 0 Å². The van der Waals surface area contributed by atoms with E-state index < -0.39 is 47.7 Å². The van der Waals surface area contributed by atoms with Crippen molar-refractivity contribution in [2.45, 2.75) is 89.8 Å². The standard InChI is InChI=1S/C36H46N4O6/c1-24(37-33(43)25(2)38-35(45)46-36(3,4)5)34(44)39-29(23-26-15-9-6-10-16-26)30(41)21-22-31(42)40-32(27-17-11-7-12-18-27)28-19-13-8-14-20-28/h6-20,24-25,29-30,32,41H,21-23H2,1-5H3,(H,37,43)(H,38,45)(H,39,44)(H,40,42)/t24-,25-,29-,30-/m0/s1. The Kier molecular flexibility index (Phi) is 13.3. The summed E-state index contributed by atoms with van der Waals surface area (Å²) in [6.07, 6.45) is -1.38. The molecule has 0 radical (unpaired) electrons. The van der Waals surface area contributed by atoms with Gasteiger partial charge in [0.15, 0.2) is 0 Å². The van der Waals surface area contributed by atoms with E-state index in [9.17, 15) is 24.3 Å². The third-order valence-electron chi connectivity index (χ3n) is 7.21. The van der Waals surface area contributed by atoms with Gasteiger partial charge in [0, 0.05) is 6.42 Å². The van der Waals surface area contributed by atoms with Gasteiger partial charge in [0.05, 0.1) is 18.2 Å². The van der Waals surface area contributed by atoms with Crippen molar-refractivity contribution in [1.82, 2.24) is 21.3 Å². The third kappa shape index (κ3) is 12.0. The molecule has 0 spiro atoms. The number of benzene rings is 3. The highest BCUT2D eigenvalue weighted by Crippen LogP contribution is 2.22. The van der Waals surface area contributed by atoms with Gasteiger partial charge in [0.1, 0.15) is 17.7 Å². The lowest BCUT2D eigenvalue weighted by atomic mass is 9.96. The van der Waals surface area contributed by atoms with Crippen LogP contribution in [-0.2, 0) is 25.5 Å². The van der Waals surface area contributed by atoms with Crippen LogP contribution >= 0.6 is 0 Å². The average Bonchev–Trinajstić information content (AvgIpc) is 3.02. The molecule has 46 heavy (non-hydrogen) atoms. The maximum Gasteiger partial charge on any atom is 0.408 e. The first-order valence-corrected chi connectivity index (χ1v) is 15.5. The Bertz CT molecular complexity index is 1370. The summed E-state index contributed by atoms with van der Waals surface area (Å²) in [6.45, 7) is 8.13. The van der Waals surface area contributed by atoms with Crippen LogP contribution in [0, 0.1) is 0 Å². The Hall–Kier alpha value is -4.70. The molecule has 4 atom stereocenters. The molecule has 4 amide bonds. The fourth-order valence-corrected chi connectivity index (χ4v) is 4.78. The summed E-state index contributed by atoms with van der Waals surface area (Å²) < 4.78 is 5.19. The number of carbonyl (C=O) groups excluding carboxylic acids is 4. The van der Waals surface area contributed by atoms with E-state index in [2.05, 4.69) is 21.3 Å². The predicted octanol–water partition coefficient (Wildman–Crippen LogP) is 4.18. The number of amides is 4. The van der Waals surface area contributed by atoms with E-state index in [1.54, 1.807) is 20.8 Å². The minimum absolute atomic E-state index is 0.0264. The average molecular weight is 631 g/mol. The molecule has 0 bridgehead atoms. The van der Waals surface area contributed by atoms with E-state index in [1.165, 1.54) is 13.8 Å². The number of rotatable bonds is 14. The van der Waals surface area contributed by atoms with E-state index in [0.29, 0.717) is 6.42 Å². The summed E-state index contributed by atoms with van der Waals surface area (Å²) in [5.74, 6) is -1.33. The number of alkyl carbamates (subject to hydrolysis) is 1. The molecule has 0 fully saturated rings. The van der Waals surface area contributed by atoms with Crippen molar-refractivity contribution in [2.75, 3.05) is 0 Å². The predicted molar refractivity (Wildman–Crippen MR) is 177 cm³/mol. The Morgan fingerprint density at radius 3 is 1.70 bits per heavy atom. The number of aliphatic hydroxyl groups excluding tert-OH is 1. The normalized spacial score (nSPS) is 13.9. The van der Waals surface area contributed by atoms with E-state index in [1.807, 2.05) is 91.0 Å². The summed E-state index contributed by atoms with van der Waals surface area (Å²) >= 11 is 0. The summed E-state index contributed by atoms with van der Waals surface area (Å²) in [4.78, 5) is 51.1. The number of hydrogen-bond acceptors (Lipinski definition) is 6. The fraction of sp³-hybridized carbons (Fsp3) is 0.389. The van der Waals surface area contributed by atoms with Gasteiger partial charge in [-0.25, -0.2) is 4.79 Å². The van der Waals surface area contributed by atoms with Crippen molar-refractivity contribution in [3.8, 4) is 0 Å². The van der Waals surface area contributed by atoms with E-state index in [4.69, 9.17) is 4.74 Å². The van der Waals surface area contributed by atoms with Crippen molar-refractivity contribution in [3.05, 3.63) is 108 Å². The monoisotopic (exact) mass is 630 g/mol. The molecule has 3 aromatic carbocycles. The van der Waals surface area contributed by atoms with Crippen LogP contribution in [0.3, 0.4) is 0 Å². The third-order valence-corrected chi connectivity index (χ3v) is 7.21. The highest BCUT2D eigenvalue weighted by molar-refractivity contribution is 5.91. The highest BCUT2D eigenvalue weighted by atomic mass is 16.6. The van der Waals surface area contributed by atoms with E-state index in [0.717, 1.165) is 16.7 Å². The number of ether oxygens (including phenoxy) is 1. The molecule has 3 aromatic rings. The minimum Gasteiger partial charge on any atom is -0.444 e. The first-order valence-electron chi connectivity index (χ1n) is 15.5. The first kappa shape index (κ1) is 35.8. The molecule has 3 rings (SSSR count). The summed E-state index contributed by atoms with van der Waals surface area (Å²) in [5.41, 5.74) is 2.03. The molecule has 0 saturated carbocycles. The molecule has 0 saturated heterocycles. The molecular formula is C36H46N4O6. The van der Waals surface area contributed by atoms with Gasteiger partial charge in [0.25, 0.3) is 0 Å². The van der Waals surface area contributed by atoms with Gasteiger partial charge in [0.2, 0.25) is 17.7 Å². The van der Waals surface area contributed by atoms with Crippen molar-refractivity contribution in [2.24, 2.45) is 0 Å². The van der Waals surface area contributed by atoms with Crippen LogP contribution in [0.4, 0.5) is 4.79 Å². The van der Waals surface area contributed by atoms with Gasteiger partial charge in [-0.05, 0) is 64.2 Å². The maximum absolute atomic E-state index is 13.2. The van der Waals surface area contributed by atoms with E-state index >= 15 is 0 Å². The number of nitrogens with one attached hydrogen (secondary N) is 4. The Morgan fingerprint density at radius 2 is 1.17 bits per heavy atom. The summed E-state index contributed by atoms with van der Waals surface area (Å²) in [5, 5.41) is 22.2. The van der Waals surface area contributed by atoms with E-state index in [-0.39, 0.29) is 24.8 Å². The van der Waals surface area contributed by atoms with Gasteiger partial charge in [-0.2, -0.15) is 0 Å². The molecule has 0 aliphatic rings. The van der Waals surface area contributed by atoms with Crippen LogP contribution in [-0.4, -0.2) is 58.8 Å². The van der Waals surface area contributed by atoms with Gasteiger partial charge < -0.3 is 31.1 Å².